The Morgan fingerprint density at radius 3 is 2.00 bits per heavy atom. The molecule has 4 nitrogen and oxygen atoms in total. The van der Waals surface area contributed by atoms with Gasteiger partial charge in [0, 0.05) is 18.1 Å². The van der Waals surface area contributed by atoms with Gasteiger partial charge in [0.2, 0.25) is 10.0 Å². The lowest BCUT2D eigenvalue weighted by Crippen LogP contribution is -2.11. The molecule has 2 N–H and O–H groups in total. The van der Waals surface area contributed by atoms with E-state index in [0.717, 1.165) is 5.69 Å². The van der Waals surface area contributed by atoms with Crippen molar-refractivity contribution in [3.05, 3.63) is 48.8 Å². The van der Waals surface area contributed by atoms with Crippen LogP contribution in [0.25, 0.3) is 5.69 Å². The lowest BCUT2D eigenvalue weighted by molar-refractivity contribution is 0.598. The van der Waals surface area contributed by atoms with E-state index < -0.39 is 10.0 Å². The summed E-state index contributed by atoms with van der Waals surface area (Å²) in [5.74, 6) is 0. The van der Waals surface area contributed by atoms with Crippen LogP contribution in [0.2, 0.25) is 0 Å². The van der Waals surface area contributed by atoms with Crippen molar-refractivity contribution in [2.24, 2.45) is 5.14 Å². The van der Waals surface area contributed by atoms with Crippen LogP contribution >= 0.6 is 0 Å². The standard InChI is InChI=1S/C10H10N2O2S/c11-15(13,14)10-5-3-9(4-6-10)12-7-1-2-8-12/h1-8H,(H2,11,13,14). The third-order valence-electron chi connectivity index (χ3n) is 2.07. The number of hydrogen-bond acceptors (Lipinski definition) is 2. The Morgan fingerprint density at radius 2 is 1.53 bits per heavy atom. The third kappa shape index (κ3) is 2.08. The first kappa shape index (κ1) is 9.95. The van der Waals surface area contributed by atoms with E-state index in [1.807, 2.05) is 29.1 Å². The smallest absolute Gasteiger partial charge is 0.238 e. The highest BCUT2D eigenvalue weighted by atomic mass is 32.2. The fourth-order valence-corrected chi connectivity index (χ4v) is 1.83. The summed E-state index contributed by atoms with van der Waals surface area (Å²) in [5, 5.41) is 4.99. The molecule has 2 rings (SSSR count). The van der Waals surface area contributed by atoms with E-state index in [4.69, 9.17) is 5.14 Å². The van der Waals surface area contributed by atoms with Gasteiger partial charge in [-0.05, 0) is 36.4 Å². The van der Waals surface area contributed by atoms with Gasteiger partial charge in [-0.2, -0.15) is 0 Å². The fraction of sp³-hybridized carbons (Fsp3) is 0. The zero-order valence-electron chi connectivity index (χ0n) is 7.87. The van der Waals surface area contributed by atoms with Crippen LogP contribution in [0, 0.1) is 0 Å². The molecule has 0 unspecified atom stereocenters. The predicted octanol–water partition coefficient (Wildman–Crippen LogP) is 1.12. The van der Waals surface area contributed by atoms with Gasteiger partial charge in [0.1, 0.15) is 0 Å². The van der Waals surface area contributed by atoms with Crippen molar-refractivity contribution in [1.82, 2.24) is 4.57 Å². The van der Waals surface area contributed by atoms with Crippen molar-refractivity contribution < 1.29 is 8.42 Å². The van der Waals surface area contributed by atoms with Crippen LogP contribution in [-0.4, -0.2) is 13.0 Å². The highest BCUT2D eigenvalue weighted by molar-refractivity contribution is 7.89. The third-order valence-corrected chi connectivity index (χ3v) is 3.00. The minimum absolute atomic E-state index is 0.124. The Kier molecular flexibility index (Phi) is 2.34. The van der Waals surface area contributed by atoms with Crippen LogP contribution in [0.15, 0.2) is 53.7 Å². The van der Waals surface area contributed by atoms with Crippen molar-refractivity contribution in [3.8, 4) is 5.69 Å². The van der Waals surface area contributed by atoms with E-state index in [1.165, 1.54) is 12.1 Å². The lowest BCUT2D eigenvalue weighted by Gasteiger charge is -2.03. The average Bonchev–Trinajstić information content (AvgIpc) is 2.69. The van der Waals surface area contributed by atoms with E-state index in [0.29, 0.717) is 0 Å². The second-order valence-corrected chi connectivity index (χ2v) is 4.69. The molecule has 0 aliphatic rings. The Labute approximate surface area is 88.0 Å². The van der Waals surface area contributed by atoms with Crippen LogP contribution in [0.4, 0.5) is 0 Å². The van der Waals surface area contributed by atoms with Crippen molar-refractivity contribution >= 4 is 10.0 Å². The molecule has 0 saturated heterocycles. The lowest BCUT2D eigenvalue weighted by atomic mass is 10.3. The van der Waals surface area contributed by atoms with E-state index in [2.05, 4.69) is 0 Å². The molecule has 0 radical (unpaired) electrons. The number of primary sulfonamides is 1. The molecule has 78 valence electrons. The topological polar surface area (TPSA) is 65.1 Å². The van der Waals surface area contributed by atoms with Gasteiger partial charge in [0.25, 0.3) is 0 Å². The molecule has 0 saturated carbocycles. The zero-order valence-corrected chi connectivity index (χ0v) is 8.68. The van der Waals surface area contributed by atoms with Gasteiger partial charge in [-0.25, -0.2) is 13.6 Å². The molecular weight excluding hydrogens is 212 g/mol. The first-order valence-electron chi connectivity index (χ1n) is 4.33. The summed E-state index contributed by atoms with van der Waals surface area (Å²) < 4.78 is 23.9. The molecule has 2 aromatic rings. The van der Waals surface area contributed by atoms with Crippen LogP contribution in [-0.2, 0) is 10.0 Å². The van der Waals surface area contributed by atoms with Crippen LogP contribution in [0.1, 0.15) is 0 Å². The van der Waals surface area contributed by atoms with Gasteiger partial charge >= 0.3 is 0 Å². The van der Waals surface area contributed by atoms with E-state index in [9.17, 15) is 8.42 Å². The second kappa shape index (κ2) is 3.52. The van der Waals surface area contributed by atoms with Crippen molar-refractivity contribution in [2.45, 2.75) is 4.90 Å². The Hall–Kier alpha value is -1.59. The van der Waals surface area contributed by atoms with Crippen LogP contribution in [0.3, 0.4) is 0 Å². The first-order valence-corrected chi connectivity index (χ1v) is 5.88. The Morgan fingerprint density at radius 1 is 1.00 bits per heavy atom. The number of nitrogens with zero attached hydrogens (tertiary/aromatic N) is 1. The summed E-state index contributed by atoms with van der Waals surface area (Å²) in [5.41, 5.74) is 0.896. The van der Waals surface area contributed by atoms with Gasteiger partial charge in [-0.3, -0.25) is 0 Å². The van der Waals surface area contributed by atoms with Gasteiger partial charge in [0.15, 0.2) is 0 Å². The van der Waals surface area contributed by atoms with E-state index in [-0.39, 0.29) is 4.90 Å². The Bertz CT molecular complexity index is 542. The average molecular weight is 222 g/mol. The van der Waals surface area contributed by atoms with Gasteiger partial charge in [-0.1, -0.05) is 0 Å². The maximum Gasteiger partial charge on any atom is 0.238 e. The Balaban J connectivity index is 2.42. The summed E-state index contributed by atoms with van der Waals surface area (Å²) in [4.78, 5) is 0.124. The maximum absolute atomic E-state index is 11.0. The highest BCUT2D eigenvalue weighted by Gasteiger charge is 2.06. The van der Waals surface area contributed by atoms with Crippen LogP contribution < -0.4 is 5.14 Å². The van der Waals surface area contributed by atoms with Crippen LogP contribution in [0.5, 0.6) is 0 Å². The van der Waals surface area contributed by atoms with Gasteiger partial charge < -0.3 is 4.57 Å². The summed E-state index contributed by atoms with van der Waals surface area (Å²) in [7, 11) is -3.60. The minimum Gasteiger partial charge on any atom is -0.324 e. The summed E-state index contributed by atoms with van der Waals surface area (Å²) >= 11 is 0. The monoisotopic (exact) mass is 222 g/mol. The highest BCUT2D eigenvalue weighted by Crippen LogP contribution is 2.12. The summed E-state index contributed by atoms with van der Waals surface area (Å²) in [6.45, 7) is 0. The van der Waals surface area contributed by atoms with Crippen molar-refractivity contribution in [3.63, 3.8) is 0 Å². The molecule has 0 spiro atoms. The number of benzene rings is 1. The van der Waals surface area contributed by atoms with E-state index >= 15 is 0 Å². The molecule has 15 heavy (non-hydrogen) atoms. The quantitative estimate of drug-likeness (QED) is 0.827. The largest absolute Gasteiger partial charge is 0.324 e. The maximum atomic E-state index is 11.0. The molecule has 0 atom stereocenters. The normalized spacial score (nSPS) is 11.5. The molecule has 0 amide bonds. The van der Waals surface area contributed by atoms with Crippen molar-refractivity contribution in [2.75, 3.05) is 0 Å². The number of nitrogens with two attached hydrogens (primary N) is 1. The molecule has 1 aromatic carbocycles. The van der Waals surface area contributed by atoms with Gasteiger partial charge in [0.05, 0.1) is 4.90 Å². The number of rotatable bonds is 2. The molecule has 0 aliphatic carbocycles. The molecule has 1 aromatic heterocycles. The van der Waals surface area contributed by atoms with Crippen molar-refractivity contribution in [1.29, 1.82) is 0 Å². The number of aromatic nitrogens is 1. The summed E-state index contributed by atoms with van der Waals surface area (Å²) in [6, 6.07) is 10.2. The molecule has 0 bridgehead atoms. The number of sulfonamides is 1. The first-order chi connectivity index (χ1) is 7.07. The second-order valence-electron chi connectivity index (χ2n) is 3.13. The number of hydrogen-bond donors (Lipinski definition) is 1. The zero-order chi connectivity index (χ0) is 10.9. The fourth-order valence-electron chi connectivity index (χ4n) is 1.31. The molecule has 1 heterocycles. The minimum atomic E-state index is -3.60. The molecule has 0 aliphatic heterocycles. The summed E-state index contributed by atoms with van der Waals surface area (Å²) in [6.07, 6.45) is 3.76. The van der Waals surface area contributed by atoms with Gasteiger partial charge in [-0.15, -0.1) is 0 Å². The van der Waals surface area contributed by atoms with E-state index in [1.54, 1.807) is 12.1 Å². The molecule has 5 heteroatoms. The predicted molar refractivity (Wildman–Crippen MR) is 57.1 cm³/mol. The molecular formula is C10H10N2O2S. The molecule has 0 fully saturated rings. The SMILES string of the molecule is NS(=O)(=O)c1ccc(-n2cccc2)cc1.